The van der Waals surface area contributed by atoms with Crippen LogP contribution in [0, 0.1) is 5.92 Å². The Kier molecular flexibility index (Phi) is 5.87. The number of fused-ring (bicyclic) bond motifs is 3. The quantitative estimate of drug-likeness (QED) is 0.491. The number of esters is 1. The standard InChI is InChI=1S/C22H27N5O2/c1-29-22(28)16-2-3-17-19-14-24-7-4-18(19)21(26-20(17)12-16)25-8-11-27-9-5-15(13-23)6-10-27/h2-4,7,12,14-15H,5-6,8-11,13,23H2,1H3,(H,25,26). The highest BCUT2D eigenvalue weighted by Gasteiger charge is 2.18. The van der Waals surface area contributed by atoms with E-state index in [1.165, 1.54) is 20.0 Å². The van der Waals surface area contributed by atoms with Gasteiger partial charge < -0.3 is 20.7 Å². The summed E-state index contributed by atoms with van der Waals surface area (Å²) >= 11 is 0. The summed E-state index contributed by atoms with van der Waals surface area (Å²) in [6.45, 7) is 4.76. The number of nitrogens with zero attached hydrogens (tertiary/aromatic N) is 3. The van der Waals surface area contributed by atoms with Gasteiger partial charge in [-0.2, -0.15) is 0 Å². The molecule has 1 saturated heterocycles. The minimum atomic E-state index is -0.365. The zero-order valence-electron chi connectivity index (χ0n) is 16.7. The van der Waals surface area contributed by atoms with E-state index in [0.29, 0.717) is 11.5 Å². The normalized spacial score (nSPS) is 15.7. The Morgan fingerprint density at radius 3 is 2.83 bits per heavy atom. The smallest absolute Gasteiger partial charge is 0.337 e. The molecule has 1 aliphatic rings. The van der Waals surface area contributed by atoms with E-state index in [-0.39, 0.29) is 5.97 Å². The van der Waals surface area contributed by atoms with Crippen LogP contribution in [-0.2, 0) is 4.74 Å². The number of benzene rings is 1. The summed E-state index contributed by atoms with van der Waals surface area (Å²) in [5, 5.41) is 6.50. The van der Waals surface area contributed by atoms with Crippen LogP contribution < -0.4 is 11.1 Å². The van der Waals surface area contributed by atoms with Crippen LogP contribution in [0.5, 0.6) is 0 Å². The van der Waals surface area contributed by atoms with Gasteiger partial charge in [0, 0.05) is 41.6 Å². The molecular formula is C22H27N5O2. The number of hydrogen-bond donors (Lipinski definition) is 2. The Morgan fingerprint density at radius 1 is 1.24 bits per heavy atom. The first-order valence-electron chi connectivity index (χ1n) is 10.1. The maximum absolute atomic E-state index is 11.9. The predicted octanol–water partition coefficient (Wildman–Crippen LogP) is 2.65. The van der Waals surface area contributed by atoms with E-state index in [0.717, 1.165) is 60.2 Å². The maximum Gasteiger partial charge on any atom is 0.337 e. The third kappa shape index (κ3) is 4.16. The van der Waals surface area contributed by atoms with Crippen LogP contribution in [0.15, 0.2) is 36.7 Å². The van der Waals surface area contributed by atoms with Crippen LogP contribution in [0.25, 0.3) is 21.7 Å². The molecule has 3 aromatic rings. The fourth-order valence-electron chi connectivity index (χ4n) is 4.01. The van der Waals surface area contributed by atoms with Crippen molar-refractivity contribution >= 4 is 33.5 Å². The van der Waals surface area contributed by atoms with Crippen LogP contribution in [0.4, 0.5) is 5.82 Å². The lowest BCUT2D eigenvalue weighted by Crippen LogP contribution is -2.38. The Balaban J connectivity index is 1.56. The van der Waals surface area contributed by atoms with E-state index in [1.54, 1.807) is 18.3 Å². The maximum atomic E-state index is 11.9. The van der Waals surface area contributed by atoms with Crippen LogP contribution in [0.3, 0.4) is 0 Å². The summed E-state index contributed by atoms with van der Waals surface area (Å²) in [5.74, 6) is 1.12. The van der Waals surface area contributed by atoms with Gasteiger partial charge in [-0.1, -0.05) is 6.07 Å². The summed E-state index contributed by atoms with van der Waals surface area (Å²) in [6, 6.07) is 7.42. The van der Waals surface area contributed by atoms with Gasteiger partial charge in [-0.05, 0) is 56.6 Å². The van der Waals surface area contributed by atoms with Gasteiger partial charge in [-0.25, -0.2) is 9.78 Å². The third-order valence-corrected chi connectivity index (χ3v) is 5.78. The molecule has 7 nitrogen and oxygen atoms in total. The van der Waals surface area contributed by atoms with Gasteiger partial charge in [0.25, 0.3) is 0 Å². The fourth-order valence-corrected chi connectivity index (χ4v) is 4.01. The number of likely N-dealkylation sites (tertiary alicyclic amines) is 1. The Morgan fingerprint density at radius 2 is 2.07 bits per heavy atom. The molecule has 152 valence electrons. The van der Waals surface area contributed by atoms with Crippen molar-refractivity contribution in [1.29, 1.82) is 0 Å². The number of anilines is 1. The van der Waals surface area contributed by atoms with Crippen molar-refractivity contribution in [3.8, 4) is 0 Å². The van der Waals surface area contributed by atoms with Crippen LogP contribution in [0.2, 0.25) is 0 Å². The molecule has 0 radical (unpaired) electrons. The van der Waals surface area contributed by atoms with Crippen molar-refractivity contribution in [3.05, 3.63) is 42.2 Å². The summed E-state index contributed by atoms with van der Waals surface area (Å²) in [5.41, 5.74) is 7.03. The van der Waals surface area contributed by atoms with Gasteiger partial charge in [0.2, 0.25) is 0 Å². The molecule has 1 fully saturated rings. The SMILES string of the molecule is COC(=O)c1ccc2c(c1)nc(NCCN1CCC(CN)CC1)c1ccncc12. The minimum Gasteiger partial charge on any atom is -0.465 e. The molecule has 2 aromatic heterocycles. The second-order valence-electron chi connectivity index (χ2n) is 7.55. The topological polar surface area (TPSA) is 93.4 Å². The number of aromatic nitrogens is 2. The number of carbonyl (C=O) groups is 1. The summed E-state index contributed by atoms with van der Waals surface area (Å²) in [4.78, 5) is 23.5. The molecule has 4 rings (SSSR count). The first kappa shape index (κ1) is 19.5. The number of pyridine rings is 2. The molecule has 0 spiro atoms. The summed E-state index contributed by atoms with van der Waals surface area (Å²) < 4.78 is 4.84. The molecule has 3 heterocycles. The summed E-state index contributed by atoms with van der Waals surface area (Å²) in [6.07, 6.45) is 5.98. The molecule has 7 heteroatoms. The molecule has 0 unspecified atom stereocenters. The number of nitrogens with one attached hydrogen (secondary N) is 1. The van der Waals surface area contributed by atoms with Gasteiger partial charge in [0.05, 0.1) is 18.2 Å². The van der Waals surface area contributed by atoms with E-state index in [9.17, 15) is 4.79 Å². The number of carbonyl (C=O) groups excluding carboxylic acids is 1. The zero-order valence-corrected chi connectivity index (χ0v) is 16.7. The van der Waals surface area contributed by atoms with Crippen molar-refractivity contribution in [2.45, 2.75) is 12.8 Å². The van der Waals surface area contributed by atoms with Gasteiger partial charge >= 0.3 is 5.97 Å². The third-order valence-electron chi connectivity index (χ3n) is 5.78. The molecule has 0 saturated carbocycles. The molecule has 1 aliphatic heterocycles. The van der Waals surface area contributed by atoms with Crippen molar-refractivity contribution in [2.24, 2.45) is 11.7 Å². The Bertz CT molecular complexity index is 1010. The fraction of sp³-hybridized carbons (Fsp3) is 0.409. The monoisotopic (exact) mass is 393 g/mol. The van der Waals surface area contributed by atoms with Gasteiger partial charge in [-0.15, -0.1) is 0 Å². The molecular weight excluding hydrogens is 366 g/mol. The van der Waals surface area contributed by atoms with Gasteiger partial charge in [0.1, 0.15) is 5.82 Å². The van der Waals surface area contributed by atoms with Gasteiger partial charge in [-0.3, -0.25) is 4.98 Å². The second kappa shape index (κ2) is 8.71. The van der Waals surface area contributed by atoms with Crippen molar-refractivity contribution in [1.82, 2.24) is 14.9 Å². The molecule has 1 aromatic carbocycles. The highest BCUT2D eigenvalue weighted by molar-refractivity contribution is 6.10. The van der Waals surface area contributed by atoms with Crippen LogP contribution in [0.1, 0.15) is 23.2 Å². The number of rotatable bonds is 6. The molecule has 3 N–H and O–H groups in total. The highest BCUT2D eigenvalue weighted by atomic mass is 16.5. The first-order chi connectivity index (χ1) is 14.2. The lowest BCUT2D eigenvalue weighted by atomic mass is 9.97. The Labute approximate surface area is 170 Å². The van der Waals surface area contributed by atoms with Crippen molar-refractivity contribution in [3.63, 3.8) is 0 Å². The van der Waals surface area contributed by atoms with E-state index >= 15 is 0 Å². The largest absolute Gasteiger partial charge is 0.465 e. The van der Waals surface area contributed by atoms with E-state index < -0.39 is 0 Å². The van der Waals surface area contributed by atoms with Crippen LogP contribution in [-0.4, -0.2) is 60.7 Å². The van der Waals surface area contributed by atoms with Gasteiger partial charge in [0.15, 0.2) is 0 Å². The number of methoxy groups -OCH3 is 1. The first-order valence-corrected chi connectivity index (χ1v) is 10.1. The molecule has 0 amide bonds. The lowest BCUT2D eigenvalue weighted by Gasteiger charge is -2.31. The van der Waals surface area contributed by atoms with Crippen molar-refractivity contribution in [2.75, 3.05) is 45.2 Å². The molecule has 0 bridgehead atoms. The average molecular weight is 393 g/mol. The van der Waals surface area contributed by atoms with Crippen LogP contribution >= 0.6 is 0 Å². The van der Waals surface area contributed by atoms with E-state index in [2.05, 4.69) is 15.2 Å². The minimum absolute atomic E-state index is 0.365. The van der Waals surface area contributed by atoms with E-state index in [4.69, 9.17) is 15.5 Å². The highest BCUT2D eigenvalue weighted by Crippen LogP contribution is 2.29. The molecule has 29 heavy (non-hydrogen) atoms. The average Bonchev–Trinajstić information content (AvgIpc) is 2.78. The number of nitrogens with two attached hydrogens (primary N) is 1. The number of ether oxygens (including phenoxy) is 1. The number of hydrogen-bond acceptors (Lipinski definition) is 7. The second-order valence-corrected chi connectivity index (χ2v) is 7.55. The lowest BCUT2D eigenvalue weighted by molar-refractivity contribution is 0.0601. The predicted molar refractivity (Wildman–Crippen MR) is 115 cm³/mol. The van der Waals surface area contributed by atoms with E-state index in [1.807, 2.05) is 18.3 Å². The summed E-state index contributed by atoms with van der Waals surface area (Å²) in [7, 11) is 1.38. The molecule has 0 atom stereocenters. The number of piperidine rings is 1. The Hall–Kier alpha value is -2.77. The van der Waals surface area contributed by atoms with Crippen molar-refractivity contribution < 1.29 is 9.53 Å². The molecule has 0 aliphatic carbocycles. The zero-order chi connectivity index (χ0) is 20.2.